The lowest BCUT2D eigenvalue weighted by molar-refractivity contribution is 0.0939. The van der Waals surface area contributed by atoms with E-state index in [1.165, 1.54) is 6.20 Å². The first kappa shape index (κ1) is 22.6. The highest BCUT2D eigenvalue weighted by Gasteiger charge is 2.19. The van der Waals surface area contributed by atoms with Gasteiger partial charge in [-0.05, 0) is 48.2 Å². The van der Waals surface area contributed by atoms with E-state index in [1.54, 1.807) is 17.7 Å². The maximum atomic E-state index is 14.2. The van der Waals surface area contributed by atoms with E-state index in [0.29, 0.717) is 11.5 Å². The second-order valence-electron chi connectivity index (χ2n) is 7.76. The van der Waals surface area contributed by atoms with Gasteiger partial charge in [0.2, 0.25) is 10.0 Å². The van der Waals surface area contributed by atoms with Gasteiger partial charge in [0.1, 0.15) is 5.69 Å². The van der Waals surface area contributed by atoms with Crippen molar-refractivity contribution in [1.82, 2.24) is 10.3 Å². The van der Waals surface area contributed by atoms with Gasteiger partial charge in [0, 0.05) is 11.6 Å². The summed E-state index contributed by atoms with van der Waals surface area (Å²) in [6.07, 6.45) is 2.25. The number of fused-ring (bicyclic) bond motifs is 1. The Balaban J connectivity index is 1.81. The number of anilines is 1. The number of amides is 1. The highest BCUT2D eigenvalue weighted by Crippen LogP contribution is 2.26. The largest absolute Gasteiger partial charge is 0.345 e. The summed E-state index contributed by atoms with van der Waals surface area (Å²) in [6, 6.07) is 8.79. The minimum absolute atomic E-state index is 0.151. The maximum absolute atomic E-state index is 14.2. The molecule has 1 amide bonds. The Morgan fingerprint density at radius 3 is 2.23 bits per heavy atom. The average molecular weight is 448 g/mol. The predicted molar refractivity (Wildman–Crippen MR) is 117 cm³/mol. The van der Waals surface area contributed by atoms with E-state index in [2.05, 4.69) is 24.1 Å². The number of sulfonamides is 1. The molecule has 31 heavy (non-hydrogen) atoms. The normalized spacial score (nSPS) is 12.7. The molecular weight excluding hydrogens is 424 g/mol. The molecule has 3 aromatic rings. The zero-order chi connectivity index (χ0) is 22.9. The first-order chi connectivity index (χ1) is 14.4. The van der Waals surface area contributed by atoms with Gasteiger partial charge in [-0.3, -0.25) is 14.5 Å². The fourth-order valence-electron chi connectivity index (χ4n) is 3.11. The van der Waals surface area contributed by atoms with Crippen molar-refractivity contribution in [2.24, 2.45) is 0 Å². The monoisotopic (exact) mass is 447 g/mol. The van der Waals surface area contributed by atoms with Crippen LogP contribution in [0.4, 0.5) is 14.5 Å². The Morgan fingerprint density at radius 2 is 1.65 bits per heavy atom. The molecule has 0 unspecified atom stereocenters. The van der Waals surface area contributed by atoms with Crippen LogP contribution in [0.1, 0.15) is 54.2 Å². The lowest BCUT2D eigenvalue weighted by atomic mass is 10.0. The molecule has 0 aliphatic rings. The number of hydrogen-bond donors (Lipinski definition) is 2. The Bertz CT molecular complexity index is 1240. The van der Waals surface area contributed by atoms with Crippen LogP contribution in [-0.2, 0) is 10.0 Å². The summed E-state index contributed by atoms with van der Waals surface area (Å²) in [5.74, 6) is -2.24. The summed E-state index contributed by atoms with van der Waals surface area (Å²) in [7, 11) is -3.84. The lowest BCUT2D eigenvalue weighted by Gasteiger charge is -2.16. The molecule has 0 saturated carbocycles. The Kier molecular flexibility index (Phi) is 6.26. The summed E-state index contributed by atoms with van der Waals surface area (Å²) < 4.78 is 52.8. The number of pyridine rings is 1. The summed E-state index contributed by atoms with van der Waals surface area (Å²) in [4.78, 5) is 17.0. The Labute approximate surface area is 179 Å². The third kappa shape index (κ3) is 5.35. The first-order valence-corrected chi connectivity index (χ1v) is 11.5. The number of nitrogens with zero attached hydrogens (tertiary/aromatic N) is 1. The van der Waals surface area contributed by atoms with Gasteiger partial charge in [0.25, 0.3) is 5.91 Å². The van der Waals surface area contributed by atoms with Gasteiger partial charge in [0.15, 0.2) is 11.6 Å². The third-order valence-electron chi connectivity index (χ3n) is 4.84. The second-order valence-corrected chi connectivity index (χ2v) is 9.51. The highest BCUT2D eigenvalue weighted by atomic mass is 32.2. The zero-order valence-corrected chi connectivity index (χ0v) is 18.3. The van der Waals surface area contributed by atoms with Gasteiger partial charge in [0.05, 0.1) is 23.4 Å². The summed E-state index contributed by atoms with van der Waals surface area (Å²) in [5, 5.41) is 3.48. The molecule has 9 heteroatoms. The van der Waals surface area contributed by atoms with Crippen molar-refractivity contribution in [3.8, 4) is 0 Å². The van der Waals surface area contributed by atoms with Crippen molar-refractivity contribution in [1.29, 1.82) is 0 Å². The minimum atomic E-state index is -3.84. The van der Waals surface area contributed by atoms with E-state index in [-0.39, 0.29) is 5.56 Å². The molecule has 1 heterocycles. The van der Waals surface area contributed by atoms with Crippen LogP contribution >= 0.6 is 0 Å². The molecule has 0 aliphatic heterocycles. The average Bonchev–Trinajstić information content (AvgIpc) is 2.68. The van der Waals surface area contributed by atoms with E-state index >= 15 is 0 Å². The zero-order valence-electron chi connectivity index (χ0n) is 17.5. The van der Waals surface area contributed by atoms with E-state index in [4.69, 9.17) is 0 Å². The van der Waals surface area contributed by atoms with Crippen LogP contribution in [0.25, 0.3) is 10.9 Å². The van der Waals surface area contributed by atoms with Crippen LogP contribution in [0.15, 0.2) is 42.6 Å². The first-order valence-electron chi connectivity index (χ1n) is 9.62. The topological polar surface area (TPSA) is 88.2 Å². The molecule has 164 valence electrons. The molecular formula is C22H23F2N3O3S. The van der Waals surface area contributed by atoms with Gasteiger partial charge in [-0.15, -0.1) is 0 Å². The molecule has 3 rings (SSSR count). The minimum Gasteiger partial charge on any atom is -0.345 e. The fourth-order valence-corrected chi connectivity index (χ4v) is 3.68. The SMILES string of the molecule is CC(C)c1ccc2cc(C(=O)N[C@H](C)c3cc(F)c(NS(C)(=O)=O)c(F)c3)cnc2c1. The molecule has 0 bridgehead atoms. The molecule has 2 N–H and O–H groups in total. The van der Waals surface area contributed by atoms with Gasteiger partial charge >= 0.3 is 0 Å². The smallest absolute Gasteiger partial charge is 0.253 e. The van der Waals surface area contributed by atoms with Crippen LogP contribution in [-0.4, -0.2) is 25.6 Å². The number of hydrogen-bond acceptors (Lipinski definition) is 4. The third-order valence-corrected chi connectivity index (χ3v) is 5.41. The Hall–Kier alpha value is -3.07. The number of carbonyl (C=O) groups is 1. The molecule has 1 aromatic heterocycles. The van der Waals surface area contributed by atoms with E-state index < -0.39 is 39.3 Å². The van der Waals surface area contributed by atoms with Crippen molar-refractivity contribution < 1.29 is 22.0 Å². The molecule has 2 aromatic carbocycles. The van der Waals surface area contributed by atoms with E-state index in [0.717, 1.165) is 34.9 Å². The quantitative estimate of drug-likeness (QED) is 0.582. The van der Waals surface area contributed by atoms with Crippen LogP contribution < -0.4 is 10.0 Å². The molecule has 0 fully saturated rings. The number of rotatable bonds is 6. The van der Waals surface area contributed by atoms with Crippen LogP contribution in [0.5, 0.6) is 0 Å². The van der Waals surface area contributed by atoms with Gasteiger partial charge in [-0.2, -0.15) is 0 Å². The van der Waals surface area contributed by atoms with Gasteiger partial charge < -0.3 is 5.32 Å². The number of nitrogens with one attached hydrogen (secondary N) is 2. The van der Waals surface area contributed by atoms with Crippen molar-refractivity contribution in [2.75, 3.05) is 11.0 Å². The summed E-state index contributed by atoms with van der Waals surface area (Å²) >= 11 is 0. The number of carbonyl (C=O) groups excluding carboxylic acids is 1. The van der Waals surface area contributed by atoms with E-state index in [1.807, 2.05) is 18.2 Å². The predicted octanol–water partition coefficient (Wildman–Crippen LogP) is 4.50. The van der Waals surface area contributed by atoms with Crippen molar-refractivity contribution in [2.45, 2.75) is 32.7 Å². The molecule has 6 nitrogen and oxygen atoms in total. The standard InChI is InChI=1S/C22H23F2N3O3S/c1-12(2)14-5-6-15-7-17(11-25-20(15)10-14)22(28)26-13(3)16-8-18(23)21(19(24)9-16)27-31(4,29)30/h5-13,27H,1-4H3,(H,26,28)/t13-/m1/s1. The highest BCUT2D eigenvalue weighted by molar-refractivity contribution is 7.92. The van der Waals surface area contributed by atoms with Gasteiger partial charge in [-0.1, -0.05) is 26.0 Å². The Morgan fingerprint density at radius 1 is 1.00 bits per heavy atom. The second kappa shape index (κ2) is 8.58. The summed E-state index contributed by atoms with van der Waals surface area (Å²) in [5.41, 5.74) is 1.62. The molecule has 0 aliphatic carbocycles. The molecule has 0 saturated heterocycles. The van der Waals surface area contributed by atoms with Crippen molar-refractivity contribution in [3.05, 3.63) is 70.9 Å². The van der Waals surface area contributed by atoms with Crippen molar-refractivity contribution >= 4 is 32.5 Å². The van der Waals surface area contributed by atoms with E-state index in [9.17, 15) is 22.0 Å². The molecule has 1 atom stereocenters. The van der Waals surface area contributed by atoms with Gasteiger partial charge in [-0.25, -0.2) is 17.2 Å². The summed E-state index contributed by atoms with van der Waals surface area (Å²) in [6.45, 7) is 5.73. The van der Waals surface area contributed by atoms with Crippen LogP contribution in [0, 0.1) is 11.6 Å². The number of halogens is 2. The lowest BCUT2D eigenvalue weighted by Crippen LogP contribution is -2.27. The van der Waals surface area contributed by atoms with Crippen LogP contribution in [0.3, 0.4) is 0 Å². The van der Waals surface area contributed by atoms with Crippen molar-refractivity contribution in [3.63, 3.8) is 0 Å². The number of aromatic nitrogens is 1. The fraction of sp³-hybridized carbons (Fsp3) is 0.273. The number of benzene rings is 2. The maximum Gasteiger partial charge on any atom is 0.253 e. The van der Waals surface area contributed by atoms with Crippen LogP contribution in [0.2, 0.25) is 0 Å². The molecule has 0 radical (unpaired) electrons. The molecule has 0 spiro atoms.